The smallest absolute Gasteiger partial charge is 0.337 e. The molecule has 0 saturated heterocycles. The SMILES string of the molecule is CC(C)OCCS(=O)(=O)N(C)c1ccccc1C(=O)O. The standard InChI is InChI=1S/C13H19NO5S/c1-10(2)19-8-9-20(17,18)14(3)12-7-5-4-6-11(12)13(15)16/h4-7,10H,8-9H2,1-3H3,(H,15,16). The molecular formula is C13H19NO5S. The second-order valence-corrected chi connectivity index (χ2v) is 6.65. The number of benzene rings is 1. The molecule has 1 N–H and O–H groups in total. The molecular weight excluding hydrogens is 282 g/mol. The largest absolute Gasteiger partial charge is 0.478 e. The molecule has 1 aromatic carbocycles. The zero-order valence-corrected chi connectivity index (χ0v) is 12.6. The highest BCUT2D eigenvalue weighted by molar-refractivity contribution is 7.92. The number of anilines is 1. The quantitative estimate of drug-likeness (QED) is 0.826. The van der Waals surface area contributed by atoms with Crippen LogP contribution in [0, 0.1) is 0 Å². The van der Waals surface area contributed by atoms with Gasteiger partial charge in [-0.05, 0) is 26.0 Å². The number of carboxylic acids is 1. The molecule has 0 aromatic heterocycles. The molecule has 7 heteroatoms. The van der Waals surface area contributed by atoms with Gasteiger partial charge in [0.25, 0.3) is 0 Å². The maximum Gasteiger partial charge on any atom is 0.337 e. The lowest BCUT2D eigenvalue weighted by Crippen LogP contribution is -2.32. The van der Waals surface area contributed by atoms with E-state index in [9.17, 15) is 13.2 Å². The van der Waals surface area contributed by atoms with E-state index in [-0.39, 0.29) is 29.7 Å². The average molecular weight is 301 g/mol. The average Bonchev–Trinajstić information content (AvgIpc) is 2.37. The van der Waals surface area contributed by atoms with Gasteiger partial charge in [-0.2, -0.15) is 0 Å². The highest BCUT2D eigenvalue weighted by Crippen LogP contribution is 2.22. The summed E-state index contributed by atoms with van der Waals surface area (Å²) in [5, 5.41) is 9.08. The van der Waals surface area contributed by atoms with E-state index in [4.69, 9.17) is 9.84 Å². The molecule has 0 aliphatic rings. The number of carboxylic acid groups (broad SMARTS) is 1. The van der Waals surface area contributed by atoms with Crippen molar-refractivity contribution in [2.75, 3.05) is 23.7 Å². The number of carbonyl (C=O) groups is 1. The molecule has 112 valence electrons. The topological polar surface area (TPSA) is 83.9 Å². The van der Waals surface area contributed by atoms with Crippen molar-refractivity contribution in [2.24, 2.45) is 0 Å². The van der Waals surface area contributed by atoms with Gasteiger partial charge in [0.2, 0.25) is 10.0 Å². The maximum atomic E-state index is 12.1. The molecule has 0 radical (unpaired) electrons. The maximum absolute atomic E-state index is 12.1. The minimum Gasteiger partial charge on any atom is -0.478 e. The van der Waals surface area contributed by atoms with E-state index in [1.807, 2.05) is 13.8 Å². The Morgan fingerprint density at radius 3 is 2.50 bits per heavy atom. The Kier molecular flexibility index (Phi) is 5.52. The molecule has 0 bridgehead atoms. The van der Waals surface area contributed by atoms with Gasteiger partial charge in [0.1, 0.15) is 0 Å². The first-order chi connectivity index (χ1) is 9.25. The van der Waals surface area contributed by atoms with Crippen LogP contribution in [0.2, 0.25) is 0 Å². The Labute approximate surface area is 119 Å². The molecule has 0 amide bonds. The summed E-state index contributed by atoms with van der Waals surface area (Å²) < 4.78 is 30.5. The van der Waals surface area contributed by atoms with Crippen LogP contribution in [0.3, 0.4) is 0 Å². The molecule has 0 spiro atoms. The van der Waals surface area contributed by atoms with Gasteiger partial charge in [-0.3, -0.25) is 4.31 Å². The van der Waals surface area contributed by atoms with Crippen molar-refractivity contribution in [1.82, 2.24) is 0 Å². The summed E-state index contributed by atoms with van der Waals surface area (Å²) in [6.07, 6.45) is -0.0539. The second-order valence-electron chi connectivity index (χ2n) is 4.53. The van der Waals surface area contributed by atoms with E-state index in [0.717, 1.165) is 4.31 Å². The van der Waals surface area contributed by atoms with E-state index in [1.165, 1.54) is 19.2 Å². The van der Waals surface area contributed by atoms with E-state index in [1.54, 1.807) is 12.1 Å². The molecule has 6 nitrogen and oxygen atoms in total. The number of sulfonamides is 1. The van der Waals surface area contributed by atoms with Gasteiger partial charge >= 0.3 is 5.97 Å². The highest BCUT2D eigenvalue weighted by atomic mass is 32.2. The van der Waals surface area contributed by atoms with Gasteiger partial charge in [-0.25, -0.2) is 13.2 Å². The molecule has 0 heterocycles. The summed E-state index contributed by atoms with van der Waals surface area (Å²) in [6.45, 7) is 3.70. The first-order valence-corrected chi connectivity index (χ1v) is 7.77. The fourth-order valence-corrected chi connectivity index (χ4v) is 2.64. The van der Waals surface area contributed by atoms with Crippen LogP contribution in [0.5, 0.6) is 0 Å². The summed E-state index contributed by atoms with van der Waals surface area (Å²) in [5.41, 5.74) is 0.0906. The molecule has 0 aliphatic heterocycles. The van der Waals surface area contributed by atoms with Gasteiger partial charge < -0.3 is 9.84 Å². The van der Waals surface area contributed by atoms with Gasteiger partial charge in [0, 0.05) is 7.05 Å². The molecule has 0 saturated carbocycles. The van der Waals surface area contributed by atoms with Crippen LogP contribution in [0.1, 0.15) is 24.2 Å². The highest BCUT2D eigenvalue weighted by Gasteiger charge is 2.22. The van der Waals surface area contributed by atoms with Crippen LogP contribution in [0.25, 0.3) is 0 Å². The minimum atomic E-state index is -3.62. The van der Waals surface area contributed by atoms with Crippen molar-refractivity contribution in [3.05, 3.63) is 29.8 Å². The van der Waals surface area contributed by atoms with Crippen LogP contribution in [-0.4, -0.2) is 45.0 Å². The lowest BCUT2D eigenvalue weighted by Gasteiger charge is -2.21. The van der Waals surface area contributed by atoms with E-state index in [0.29, 0.717) is 0 Å². The monoisotopic (exact) mass is 301 g/mol. The summed E-state index contributed by atoms with van der Waals surface area (Å²) in [6, 6.07) is 5.98. The Morgan fingerprint density at radius 1 is 1.35 bits per heavy atom. The lowest BCUT2D eigenvalue weighted by molar-refractivity contribution is 0.0697. The van der Waals surface area contributed by atoms with Crippen LogP contribution >= 0.6 is 0 Å². The van der Waals surface area contributed by atoms with Crippen LogP contribution in [0.4, 0.5) is 5.69 Å². The van der Waals surface area contributed by atoms with E-state index < -0.39 is 16.0 Å². The fraction of sp³-hybridized carbons (Fsp3) is 0.462. The van der Waals surface area contributed by atoms with Crippen molar-refractivity contribution < 1.29 is 23.1 Å². The van der Waals surface area contributed by atoms with Gasteiger partial charge in [-0.1, -0.05) is 12.1 Å². The number of hydrogen-bond acceptors (Lipinski definition) is 4. The number of rotatable bonds is 7. The van der Waals surface area contributed by atoms with Gasteiger partial charge in [-0.15, -0.1) is 0 Å². The van der Waals surface area contributed by atoms with E-state index >= 15 is 0 Å². The van der Waals surface area contributed by atoms with E-state index in [2.05, 4.69) is 0 Å². The molecule has 0 fully saturated rings. The molecule has 1 aromatic rings. The Morgan fingerprint density at radius 2 is 1.95 bits per heavy atom. The van der Waals surface area contributed by atoms with Crippen molar-refractivity contribution in [2.45, 2.75) is 20.0 Å². The Bertz CT molecular complexity index is 568. The summed E-state index contributed by atoms with van der Waals surface area (Å²) in [4.78, 5) is 11.1. The molecule has 0 unspecified atom stereocenters. The third kappa shape index (κ3) is 4.21. The first kappa shape index (κ1) is 16.5. The zero-order valence-electron chi connectivity index (χ0n) is 11.7. The number of para-hydroxylation sites is 1. The van der Waals surface area contributed by atoms with Crippen LogP contribution in [-0.2, 0) is 14.8 Å². The van der Waals surface area contributed by atoms with Gasteiger partial charge in [0.15, 0.2) is 0 Å². The van der Waals surface area contributed by atoms with Crippen molar-refractivity contribution >= 4 is 21.7 Å². The molecule has 0 atom stereocenters. The lowest BCUT2D eigenvalue weighted by atomic mass is 10.2. The number of aromatic carboxylic acids is 1. The van der Waals surface area contributed by atoms with Crippen molar-refractivity contribution in [1.29, 1.82) is 0 Å². The summed E-state index contributed by atoms with van der Waals surface area (Å²) >= 11 is 0. The third-order valence-corrected chi connectivity index (χ3v) is 4.40. The van der Waals surface area contributed by atoms with Crippen molar-refractivity contribution in [3.8, 4) is 0 Å². The number of nitrogens with zero attached hydrogens (tertiary/aromatic N) is 1. The van der Waals surface area contributed by atoms with Gasteiger partial charge in [0.05, 0.1) is 29.7 Å². The predicted octanol–water partition coefficient (Wildman–Crippen LogP) is 1.58. The summed E-state index contributed by atoms with van der Waals surface area (Å²) in [7, 11) is -2.28. The third-order valence-electron chi connectivity index (χ3n) is 2.68. The number of hydrogen-bond donors (Lipinski definition) is 1. The van der Waals surface area contributed by atoms with Crippen LogP contribution in [0.15, 0.2) is 24.3 Å². The second kappa shape index (κ2) is 6.71. The van der Waals surface area contributed by atoms with Crippen LogP contribution < -0.4 is 4.31 Å². The Balaban J connectivity index is 2.94. The van der Waals surface area contributed by atoms with Crippen molar-refractivity contribution in [3.63, 3.8) is 0 Å². The Hall–Kier alpha value is -1.60. The molecule has 1 rings (SSSR count). The molecule has 0 aliphatic carbocycles. The minimum absolute atomic E-state index is 0.0525. The zero-order chi connectivity index (χ0) is 15.3. The molecule has 20 heavy (non-hydrogen) atoms. The summed E-state index contributed by atoms with van der Waals surface area (Å²) in [5.74, 6) is -1.36. The first-order valence-electron chi connectivity index (χ1n) is 6.16. The number of ether oxygens (including phenoxy) is 1. The normalized spacial score (nSPS) is 11.6. The fourth-order valence-electron chi connectivity index (χ4n) is 1.60. The predicted molar refractivity (Wildman–Crippen MR) is 76.7 cm³/mol.